The van der Waals surface area contributed by atoms with E-state index >= 15 is 0 Å². The maximum absolute atomic E-state index is 4.04. The zero-order valence-electron chi connectivity index (χ0n) is 4.30. The van der Waals surface area contributed by atoms with Crippen LogP contribution in [0.4, 0.5) is 0 Å². The molecule has 0 amide bonds. The Morgan fingerprint density at radius 1 is 1.86 bits per heavy atom. The highest BCUT2D eigenvalue weighted by atomic mass is 14.7. The molecule has 0 saturated carbocycles. The van der Waals surface area contributed by atoms with E-state index in [1.165, 1.54) is 0 Å². The van der Waals surface area contributed by atoms with Crippen molar-refractivity contribution in [1.82, 2.24) is 0 Å². The maximum Gasteiger partial charge on any atom is 0.0451 e. The van der Waals surface area contributed by atoms with Crippen molar-refractivity contribution >= 4 is 6.21 Å². The van der Waals surface area contributed by atoms with Gasteiger partial charge >= 0.3 is 0 Å². The van der Waals surface area contributed by atoms with Gasteiger partial charge in [0.25, 0.3) is 0 Å². The zero-order chi connectivity index (χ0) is 5.11. The van der Waals surface area contributed by atoms with Crippen LogP contribution in [0.15, 0.2) is 17.6 Å². The number of aliphatic imine (C=N–C) groups is 1. The van der Waals surface area contributed by atoms with Gasteiger partial charge in [-0.15, -0.1) is 6.58 Å². The molecular weight excluding hydrogens is 86.1 g/mol. The minimum absolute atomic E-state index is 0.639. The summed E-state index contributed by atoms with van der Waals surface area (Å²) in [7, 11) is 0. The van der Waals surface area contributed by atoms with Crippen molar-refractivity contribution in [3.63, 3.8) is 0 Å². The molecule has 7 heavy (non-hydrogen) atoms. The van der Waals surface area contributed by atoms with E-state index < -0.39 is 0 Å². The first-order valence-electron chi connectivity index (χ1n) is 2.54. The van der Waals surface area contributed by atoms with E-state index in [-0.39, 0.29) is 0 Å². The van der Waals surface area contributed by atoms with Crippen LogP contribution in [-0.4, -0.2) is 12.8 Å². The Morgan fingerprint density at radius 3 is 3.00 bits per heavy atom. The minimum Gasteiger partial charge on any atom is -0.297 e. The molecule has 1 aliphatic rings. The van der Waals surface area contributed by atoms with E-state index in [9.17, 15) is 0 Å². The highest BCUT2D eigenvalue weighted by molar-refractivity contribution is 5.60. The Hall–Kier alpha value is -0.590. The SMILES string of the molecule is C=C[C@@H]1CC=NC1. The summed E-state index contributed by atoms with van der Waals surface area (Å²) in [5.41, 5.74) is 0. The van der Waals surface area contributed by atoms with Crippen molar-refractivity contribution < 1.29 is 0 Å². The molecule has 0 aromatic rings. The molecule has 0 aromatic carbocycles. The normalized spacial score (nSPS) is 28.3. The third-order valence-corrected chi connectivity index (χ3v) is 1.21. The third-order valence-electron chi connectivity index (χ3n) is 1.21. The molecule has 1 aliphatic heterocycles. The van der Waals surface area contributed by atoms with Gasteiger partial charge in [-0.05, 0) is 12.6 Å². The van der Waals surface area contributed by atoms with Gasteiger partial charge in [-0.25, -0.2) is 0 Å². The number of nitrogens with zero attached hydrogens (tertiary/aromatic N) is 1. The Bertz CT molecular complexity index is 86.4. The number of hydrogen-bond donors (Lipinski definition) is 0. The maximum atomic E-state index is 4.04. The van der Waals surface area contributed by atoms with Gasteiger partial charge < -0.3 is 0 Å². The lowest BCUT2D eigenvalue weighted by molar-refractivity contribution is 0.747. The molecule has 0 spiro atoms. The number of rotatable bonds is 1. The molecule has 1 heterocycles. The lowest BCUT2D eigenvalue weighted by Gasteiger charge is -1.93. The quantitative estimate of drug-likeness (QED) is 0.435. The Balaban J connectivity index is 2.35. The van der Waals surface area contributed by atoms with Gasteiger partial charge in [0, 0.05) is 12.5 Å². The minimum atomic E-state index is 0.639. The molecule has 1 heteroatoms. The predicted octanol–water partition coefficient (Wildman–Crippen LogP) is 1.26. The van der Waals surface area contributed by atoms with Crippen LogP contribution in [0.2, 0.25) is 0 Å². The highest BCUT2D eigenvalue weighted by Crippen LogP contribution is 2.07. The highest BCUT2D eigenvalue weighted by Gasteiger charge is 2.04. The molecule has 0 radical (unpaired) electrons. The molecule has 0 saturated heterocycles. The average Bonchev–Trinajstić information content (AvgIpc) is 2.14. The Labute approximate surface area is 43.8 Å². The fraction of sp³-hybridized carbons (Fsp3) is 0.500. The van der Waals surface area contributed by atoms with Gasteiger partial charge in [-0.2, -0.15) is 0 Å². The summed E-state index contributed by atoms with van der Waals surface area (Å²) < 4.78 is 0. The van der Waals surface area contributed by atoms with Crippen molar-refractivity contribution in [3.05, 3.63) is 12.7 Å². The van der Waals surface area contributed by atoms with Crippen molar-refractivity contribution in [1.29, 1.82) is 0 Å². The van der Waals surface area contributed by atoms with Crippen molar-refractivity contribution in [2.24, 2.45) is 10.9 Å². The first kappa shape index (κ1) is 4.57. The summed E-state index contributed by atoms with van der Waals surface area (Å²) in [4.78, 5) is 4.04. The van der Waals surface area contributed by atoms with Gasteiger partial charge in [0.15, 0.2) is 0 Å². The van der Waals surface area contributed by atoms with Gasteiger partial charge in [0.1, 0.15) is 0 Å². The van der Waals surface area contributed by atoms with Crippen LogP contribution in [0.25, 0.3) is 0 Å². The van der Waals surface area contributed by atoms with Gasteiger partial charge in [-0.3, -0.25) is 4.99 Å². The zero-order valence-corrected chi connectivity index (χ0v) is 4.30. The average molecular weight is 95.1 g/mol. The van der Waals surface area contributed by atoms with E-state index in [0.29, 0.717) is 5.92 Å². The summed E-state index contributed by atoms with van der Waals surface area (Å²) in [5, 5.41) is 0. The summed E-state index contributed by atoms with van der Waals surface area (Å²) in [5.74, 6) is 0.639. The largest absolute Gasteiger partial charge is 0.297 e. The summed E-state index contributed by atoms with van der Waals surface area (Å²) in [6.45, 7) is 4.62. The fourth-order valence-corrected chi connectivity index (χ4v) is 0.665. The Kier molecular flexibility index (Phi) is 1.25. The molecule has 0 N–H and O–H groups in total. The first-order chi connectivity index (χ1) is 3.43. The lowest BCUT2D eigenvalue weighted by atomic mass is 10.1. The smallest absolute Gasteiger partial charge is 0.0451 e. The topological polar surface area (TPSA) is 12.4 Å². The van der Waals surface area contributed by atoms with E-state index in [1.807, 2.05) is 12.3 Å². The molecule has 1 nitrogen and oxygen atoms in total. The monoisotopic (exact) mass is 95.1 g/mol. The van der Waals surface area contributed by atoms with Crippen LogP contribution in [0.5, 0.6) is 0 Å². The second kappa shape index (κ2) is 1.92. The lowest BCUT2D eigenvalue weighted by Crippen LogP contribution is -1.91. The third kappa shape index (κ3) is 0.889. The number of hydrogen-bond acceptors (Lipinski definition) is 1. The molecule has 0 unspecified atom stereocenters. The molecular formula is C6H9N. The Morgan fingerprint density at radius 2 is 2.71 bits per heavy atom. The van der Waals surface area contributed by atoms with E-state index in [0.717, 1.165) is 13.0 Å². The molecule has 0 aliphatic carbocycles. The first-order valence-corrected chi connectivity index (χ1v) is 2.54. The van der Waals surface area contributed by atoms with E-state index in [1.54, 1.807) is 0 Å². The van der Waals surface area contributed by atoms with Crippen LogP contribution < -0.4 is 0 Å². The van der Waals surface area contributed by atoms with Gasteiger partial charge in [0.2, 0.25) is 0 Å². The van der Waals surface area contributed by atoms with E-state index in [2.05, 4.69) is 11.6 Å². The molecule has 1 atom stereocenters. The van der Waals surface area contributed by atoms with Crippen molar-refractivity contribution in [2.45, 2.75) is 6.42 Å². The van der Waals surface area contributed by atoms with Crippen LogP contribution in [-0.2, 0) is 0 Å². The van der Waals surface area contributed by atoms with Gasteiger partial charge in [-0.1, -0.05) is 6.08 Å². The summed E-state index contributed by atoms with van der Waals surface area (Å²) >= 11 is 0. The van der Waals surface area contributed by atoms with Crippen molar-refractivity contribution in [2.75, 3.05) is 6.54 Å². The van der Waals surface area contributed by atoms with Crippen LogP contribution >= 0.6 is 0 Å². The predicted molar refractivity (Wildman–Crippen MR) is 31.7 cm³/mol. The van der Waals surface area contributed by atoms with Crippen LogP contribution in [0.3, 0.4) is 0 Å². The molecule has 0 fully saturated rings. The molecule has 38 valence electrons. The van der Waals surface area contributed by atoms with Gasteiger partial charge in [0.05, 0.1) is 0 Å². The van der Waals surface area contributed by atoms with E-state index in [4.69, 9.17) is 0 Å². The van der Waals surface area contributed by atoms with Crippen LogP contribution in [0, 0.1) is 5.92 Å². The van der Waals surface area contributed by atoms with Crippen molar-refractivity contribution in [3.8, 4) is 0 Å². The standard InChI is InChI=1S/C6H9N/c1-2-6-3-4-7-5-6/h2,4,6H,1,3,5H2/t6-/m1/s1. The molecule has 0 aromatic heterocycles. The second-order valence-corrected chi connectivity index (χ2v) is 1.78. The molecule has 0 bridgehead atoms. The second-order valence-electron chi connectivity index (χ2n) is 1.78. The fourth-order valence-electron chi connectivity index (χ4n) is 0.665. The molecule has 1 rings (SSSR count). The summed E-state index contributed by atoms with van der Waals surface area (Å²) in [6.07, 6.45) is 5.03. The van der Waals surface area contributed by atoms with Crippen LogP contribution in [0.1, 0.15) is 6.42 Å². The summed E-state index contributed by atoms with van der Waals surface area (Å²) in [6, 6.07) is 0.